The van der Waals surface area contributed by atoms with E-state index >= 15 is 0 Å². The minimum Gasteiger partial charge on any atom is -0.457 e. The van der Waals surface area contributed by atoms with Gasteiger partial charge in [-0.2, -0.15) is 0 Å². The molecule has 2 nitrogen and oxygen atoms in total. The highest BCUT2D eigenvalue weighted by Crippen LogP contribution is 2.33. The summed E-state index contributed by atoms with van der Waals surface area (Å²) in [5, 5.41) is 0.667. The van der Waals surface area contributed by atoms with Crippen molar-refractivity contribution in [3.8, 4) is 11.5 Å². The lowest BCUT2D eigenvalue weighted by atomic mass is 10.0. The fourth-order valence-electron chi connectivity index (χ4n) is 2.31. The van der Waals surface area contributed by atoms with Gasteiger partial charge < -0.3 is 10.5 Å². The Morgan fingerprint density at radius 2 is 1.76 bits per heavy atom. The predicted molar refractivity (Wildman–Crippen MR) is 89.4 cm³/mol. The predicted octanol–water partition coefficient (Wildman–Crippen LogP) is 5.15. The highest BCUT2D eigenvalue weighted by atomic mass is 35.5. The molecule has 1 unspecified atom stereocenters. The van der Waals surface area contributed by atoms with Crippen molar-refractivity contribution in [2.75, 3.05) is 0 Å². The maximum Gasteiger partial charge on any atom is 0.132 e. The minimum atomic E-state index is 0.0777. The molecule has 3 heteroatoms. The lowest BCUT2D eigenvalue weighted by molar-refractivity contribution is 0.465. The molecule has 0 saturated heterocycles. The second kappa shape index (κ2) is 6.97. The van der Waals surface area contributed by atoms with Gasteiger partial charge in [0.05, 0.1) is 0 Å². The van der Waals surface area contributed by atoms with E-state index < -0.39 is 0 Å². The summed E-state index contributed by atoms with van der Waals surface area (Å²) in [7, 11) is 0. The maximum absolute atomic E-state index is 6.14. The number of halogens is 1. The average Bonchev–Trinajstić information content (AvgIpc) is 2.42. The van der Waals surface area contributed by atoms with Crippen LogP contribution in [0, 0.1) is 0 Å². The van der Waals surface area contributed by atoms with Crippen molar-refractivity contribution < 1.29 is 4.74 Å². The van der Waals surface area contributed by atoms with Crippen molar-refractivity contribution >= 4 is 11.6 Å². The van der Waals surface area contributed by atoms with Gasteiger partial charge >= 0.3 is 0 Å². The van der Waals surface area contributed by atoms with E-state index in [0.717, 1.165) is 23.5 Å². The minimum absolute atomic E-state index is 0.0777. The number of hydrogen-bond donors (Lipinski definition) is 1. The summed E-state index contributed by atoms with van der Waals surface area (Å²) in [5.74, 6) is 2.06. The van der Waals surface area contributed by atoms with Crippen molar-refractivity contribution in [1.82, 2.24) is 0 Å². The summed E-state index contributed by atoms with van der Waals surface area (Å²) in [5.41, 5.74) is 8.18. The molecule has 0 amide bonds. The zero-order chi connectivity index (χ0) is 15.4. The van der Waals surface area contributed by atoms with Crippen molar-refractivity contribution in [2.45, 2.75) is 39.2 Å². The monoisotopic (exact) mass is 303 g/mol. The fraction of sp³-hybridized carbons (Fsp3) is 0.333. The molecule has 0 saturated carbocycles. The maximum atomic E-state index is 6.14. The molecule has 0 aromatic heterocycles. The zero-order valence-corrected chi connectivity index (χ0v) is 13.5. The Bertz CT molecular complexity index is 608. The van der Waals surface area contributed by atoms with E-state index in [1.54, 1.807) is 0 Å². The molecule has 0 fully saturated rings. The quantitative estimate of drug-likeness (QED) is 0.829. The lowest BCUT2D eigenvalue weighted by Gasteiger charge is -2.17. The number of para-hydroxylation sites is 1. The van der Waals surface area contributed by atoms with Crippen LogP contribution in [0.5, 0.6) is 11.5 Å². The molecule has 21 heavy (non-hydrogen) atoms. The first-order chi connectivity index (χ1) is 9.97. The third kappa shape index (κ3) is 4.23. The zero-order valence-electron chi connectivity index (χ0n) is 12.8. The number of rotatable bonds is 5. The van der Waals surface area contributed by atoms with Crippen LogP contribution in [0.1, 0.15) is 37.8 Å². The van der Waals surface area contributed by atoms with Crippen LogP contribution in [-0.2, 0) is 6.42 Å². The van der Waals surface area contributed by atoms with Crippen LogP contribution >= 0.6 is 11.6 Å². The van der Waals surface area contributed by atoms with Crippen LogP contribution in [-0.4, -0.2) is 6.04 Å². The van der Waals surface area contributed by atoms with Gasteiger partial charge in [-0.25, -0.2) is 0 Å². The Morgan fingerprint density at radius 1 is 1.05 bits per heavy atom. The van der Waals surface area contributed by atoms with Crippen molar-refractivity contribution in [3.63, 3.8) is 0 Å². The van der Waals surface area contributed by atoms with Crippen LogP contribution in [0.2, 0.25) is 5.02 Å². The molecule has 1 atom stereocenters. The largest absolute Gasteiger partial charge is 0.457 e. The fourth-order valence-corrected chi connectivity index (χ4v) is 2.47. The number of ether oxygens (including phenoxy) is 1. The second-order valence-electron chi connectivity index (χ2n) is 5.73. The van der Waals surface area contributed by atoms with Crippen LogP contribution in [0.4, 0.5) is 0 Å². The van der Waals surface area contributed by atoms with E-state index in [2.05, 4.69) is 19.9 Å². The lowest BCUT2D eigenvalue weighted by Crippen LogP contribution is -2.18. The number of nitrogens with two attached hydrogens (primary N) is 1. The first-order valence-electron chi connectivity index (χ1n) is 7.28. The smallest absolute Gasteiger partial charge is 0.132 e. The summed E-state index contributed by atoms with van der Waals surface area (Å²) in [6, 6.07) is 13.9. The van der Waals surface area contributed by atoms with E-state index in [1.165, 1.54) is 5.56 Å². The highest BCUT2D eigenvalue weighted by molar-refractivity contribution is 6.30. The summed E-state index contributed by atoms with van der Waals surface area (Å²) in [4.78, 5) is 0. The van der Waals surface area contributed by atoms with E-state index in [0.29, 0.717) is 10.9 Å². The molecule has 0 heterocycles. The SMILES string of the molecule is CC(N)Cc1ccc(Cl)cc1Oc1ccccc1C(C)C. The molecule has 2 rings (SSSR count). The molecule has 0 radical (unpaired) electrons. The first-order valence-corrected chi connectivity index (χ1v) is 7.66. The number of hydrogen-bond acceptors (Lipinski definition) is 2. The van der Waals surface area contributed by atoms with Gasteiger partial charge in [0.1, 0.15) is 11.5 Å². The standard InChI is InChI=1S/C18H22ClNO/c1-12(2)16-6-4-5-7-17(16)21-18-11-15(19)9-8-14(18)10-13(3)20/h4-9,11-13H,10,20H2,1-3H3. The van der Waals surface area contributed by atoms with Gasteiger partial charge in [-0.15, -0.1) is 0 Å². The van der Waals surface area contributed by atoms with E-state index in [4.69, 9.17) is 22.1 Å². The van der Waals surface area contributed by atoms with Crippen LogP contribution in [0.3, 0.4) is 0 Å². The number of benzene rings is 2. The summed E-state index contributed by atoms with van der Waals surface area (Å²) in [6.07, 6.45) is 0.760. The van der Waals surface area contributed by atoms with Crippen molar-refractivity contribution in [2.24, 2.45) is 5.73 Å². The van der Waals surface area contributed by atoms with Gasteiger partial charge in [0, 0.05) is 11.1 Å². The normalized spacial score (nSPS) is 12.5. The van der Waals surface area contributed by atoms with E-state index in [1.807, 2.05) is 43.3 Å². The molecular weight excluding hydrogens is 282 g/mol. The molecule has 112 valence electrons. The van der Waals surface area contributed by atoms with Gasteiger partial charge in [0.15, 0.2) is 0 Å². The molecule has 2 aromatic carbocycles. The van der Waals surface area contributed by atoms with Gasteiger partial charge in [-0.1, -0.05) is 49.7 Å². The average molecular weight is 304 g/mol. The third-order valence-corrected chi connectivity index (χ3v) is 3.57. The molecular formula is C18H22ClNO. The molecule has 0 bridgehead atoms. The van der Waals surface area contributed by atoms with Crippen LogP contribution in [0.25, 0.3) is 0 Å². The van der Waals surface area contributed by atoms with Gasteiger partial charge in [0.2, 0.25) is 0 Å². The first kappa shape index (κ1) is 15.9. The van der Waals surface area contributed by atoms with Gasteiger partial charge in [0.25, 0.3) is 0 Å². The summed E-state index contributed by atoms with van der Waals surface area (Å²) >= 11 is 6.11. The Labute approximate surface area is 131 Å². The second-order valence-corrected chi connectivity index (χ2v) is 6.16. The topological polar surface area (TPSA) is 35.2 Å². The molecule has 0 aliphatic carbocycles. The molecule has 0 aliphatic heterocycles. The molecule has 2 N–H and O–H groups in total. The summed E-state index contributed by atoms with van der Waals surface area (Å²) in [6.45, 7) is 6.30. The highest BCUT2D eigenvalue weighted by Gasteiger charge is 2.12. The van der Waals surface area contributed by atoms with Crippen molar-refractivity contribution in [3.05, 3.63) is 58.6 Å². The molecule has 2 aromatic rings. The van der Waals surface area contributed by atoms with E-state index in [-0.39, 0.29) is 6.04 Å². The van der Waals surface area contributed by atoms with Gasteiger partial charge in [-0.3, -0.25) is 0 Å². The Morgan fingerprint density at radius 3 is 2.43 bits per heavy atom. The Hall–Kier alpha value is -1.51. The third-order valence-electron chi connectivity index (χ3n) is 3.33. The van der Waals surface area contributed by atoms with Gasteiger partial charge in [-0.05, 0) is 48.6 Å². The Balaban J connectivity index is 2.37. The Kier molecular flexibility index (Phi) is 5.27. The molecule has 0 aliphatic rings. The van der Waals surface area contributed by atoms with Crippen molar-refractivity contribution in [1.29, 1.82) is 0 Å². The molecule has 0 spiro atoms. The van der Waals surface area contributed by atoms with Crippen LogP contribution in [0.15, 0.2) is 42.5 Å². The van der Waals surface area contributed by atoms with Crippen LogP contribution < -0.4 is 10.5 Å². The summed E-state index contributed by atoms with van der Waals surface area (Å²) < 4.78 is 6.14. The van der Waals surface area contributed by atoms with E-state index in [9.17, 15) is 0 Å².